The Morgan fingerprint density at radius 3 is 2.46 bits per heavy atom. The first-order valence-electron chi connectivity index (χ1n) is 12.1. The second-order valence-electron chi connectivity index (χ2n) is 8.99. The maximum atomic E-state index is 13.1. The zero-order valence-corrected chi connectivity index (χ0v) is 20.8. The lowest BCUT2D eigenvalue weighted by Gasteiger charge is -2.27. The molecule has 2 aromatic carbocycles. The number of thioether (sulfide) groups is 1. The van der Waals surface area contributed by atoms with Crippen LogP contribution in [-0.2, 0) is 20.9 Å². The van der Waals surface area contributed by atoms with Gasteiger partial charge in [0.2, 0.25) is 11.8 Å². The molecule has 0 bridgehead atoms. The van der Waals surface area contributed by atoms with E-state index < -0.39 is 11.1 Å². The number of hydrogen-bond donors (Lipinski definition) is 1. The lowest BCUT2D eigenvalue weighted by Crippen LogP contribution is -2.44. The van der Waals surface area contributed by atoms with Crippen molar-refractivity contribution in [2.24, 2.45) is 0 Å². The highest BCUT2D eigenvalue weighted by Gasteiger charge is 2.37. The number of hydrogen-bond acceptors (Lipinski definition) is 5. The largest absolute Gasteiger partial charge is 0.341 e. The summed E-state index contributed by atoms with van der Waals surface area (Å²) in [5.41, 5.74) is 1.94. The summed E-state index contributed by atoms with van der Waals surface area (Å²) in [5, 5.41) is 3.09. The van der Waals surface area contributed by atoms with Crippen LogP contribution in [0.4, 0.5) is 14.9 Å². The lowest BCUT2D eigenvalue weighted by atomic mass is 10.1. The summed E-state index contributed by atoms with van der Waals surface area (Å²) >= 11 is 0.809. The number of imide groups is 1. The number of nitrogens with zero attached hydrogens (tertiary/aromatic N) is 3. The van der Waals surface area contributed by atoms with Crippen LogP contribution in [0.3, 0.4) is 0 Å². The molecule has 0 spiro atoms. The number of para-hydroxylation sites is 1. The molecule has 37 heavy (non-hydrogen) atoms. The minimum atomic E-state index is -0.494. The molecule has 8 nitrogen and oxygen atoms in total. The van der Waals surface area contributed by atoms with Gasteiger partial charge < -0.3 is 14.8 Å². The Kier molecular flexibility index (Phi) is 7.09. The summed E-state index contributed by atoms with van der Waals surface area (Å²) in [4.78, 5) is 53.8. The number of piperidine rings is 1. The van der Waals surface area contributed by atoms with Crippen LogP contribution in [0.15, 0.2) is 59.6 Å². The van der Waals surface area contributed by atoms with E-state index in [1.54, 1.807) is 21.7 Å². The number of rotatable bonds is 6. The molecule has 0 atom stereocenters. The van der Waals surface area contributed by atoms with E-state index in [1.165, 1.54) is 24.3 Å². The van der Waals surface area contributed by atoms with E-state index in [9.17, 15) is 23.6 Å². The molecule has 2 aliphatic rings. The van der Waals surface area contributed by atoms with E-state index in [-0.39, 0.29) is 35.6 Å². The van der Waals surface area contributed by atoms with Gasteiger partial charge in [-0.1, -0.05) is 18.2 Å². The molecule has 2 fully saturated rings. The molecule has 3 heterocycles. The van der Waals surface area contributed by atoms with Gasteiger partial charge in [0.15, 0.2) is 0 Å². The second kappa shape index (κ2) is 10.6. The van der Waals surface area contributed by atoms with Crippen molar-refractivity contribution in [2.45, 2.75) is 25.8 Å². The smallest absolute Gasteiger partial charge is 0.294 e. The van der Waals surface area contributed by atoms with Crippen LogP contribution in [0, 0.1) is 5.82 Å². The number of halogens is 1. The highest BCUT2D eigenvalue weighted by Crippen LogP contribution is 2.34. The van der Waals surface area contributed by atoms with Gasteiger partial charge in [0.25, 0.3) is 11.1 Å². The molecule has 0 saturated carbocycles. The van der Waals surface area contributed by atoms with E-state index in [4.69, 9.17) is 0 Å². The first-order valence-corrected chi connectivity index (χ1v) is 12.9. The van der Waals surface area contributed by atoms with Crippen LogP contribution in [-0.4, -0.2) is 57.0 Å². The second-order valence-corrected chi connectivity index (χ2v) is 9.99. The predicted octanol–water partition coefficient (Wildman–Crippen LogP) is 4.47. The fourth-order valence-corrected chi connectivity index (χ4v) is 5.39. The monoisotopic (exact) mass is 520 g/mol. The quantitative estimate of drug-likeness (QED) is 0.485. The molecular weight excluding hydrogens is 495 g/mol. The van der Waals surface area contributed by atoms with E-state index in [1.807, 2.05) is 24.3 Å². The van der Waals surface area contributed by atoms with Crippen LogP contribution in [0.25, 0.3) is 17.0 Å². The van der Waals surface area contributed by atoms with Crippen molar-refractivity contribution >= 4 is 57.4 Å². The number of anilines is 1. The maximum absolute atomic E-state index is 13.1. The average molecular weight is 521 g/mol. The molecular formula is C27H25FN4O4S. The molecule has 0 unspecified atom stereocenters. The van der Waals surface area contributed by atoms with Crippen LogP contribution >= 0.6 is 11.8 Å². The minimum Gasteiger partial charge on any atom is -0.341 e. The Morgan fingerprint density at radius 2 is 1.70 bits per heavy atom. The summed E-state index contributed by atoms with van der Waals surface area (Å²) < 4.78 is 14.9. The number of aromatic nitrogens is 1. The summed E-state index contributed by atoms with van der Waals surface area (Å²) in [5.74, 6) is -1.40. The van der Waals surface area contributed by atoms with Crippen molar-refractivity contribution in [1.82, 2.24) is 14.4 Å². The minimum absolute atomic E-state index is 0.00244. The zero-order chi connectivity index (χ0) is 25.9. The van der Waals surface area contributed by atoms with Gasteiger partial charge in [-0.25, -0.2) is 4.39 Å². The van der Waals surface area contributed by atoms with Crippen molar-refractivity contribution < 1.29 is 23.6 Å². The molecule has 0 radical (unpaired) electrons. The van der Waals surface area contributed by atoms with Gasteiger partial charge in [0.05, 0.1) is 4.91 Å². The van der Waals surface area contributed by atoms with Gasteiger partial charge in [0.1, 0.15) is 18.9 Å². The maximum Gasteiger partial charge on any atom is 0.294 e. The fraction of sp³-hybridized carbons (Fsp3) is 0.259. The molecule has 1 aromatic heterocycles. The third-order valence-corrected chi connectivity index (χ3v) is 7.33. The van der Waals surface area contributed by atoms with E-state index in [0.717, 1.165) is 46.8 Å². The molecule has 10 heteroatoms. The Bertz CT molecular complexity index is 1410. The highest BCUT2D eigenvalue weighted by atomic mass is 32.2. The number of benzene rings is 2. The molecule has 1 N–H and O–H groups in total. The molecule has 190 valence electrons. The average Bonchev–Trinajstić information content (AvgIpc) is 3.37. The van der Waals surface area contributed by atoms with Crippen molar-refractivity contribution in [3.05, 3.63) is 71.0 Å². The summed E-state index contributed by atoms with van der Waals surface area (Å²) in [6, 6.07) is 12.9. The van der Waals surface area contributed by atoms with Crippen LogP contribution in [0.1, 0.15) is 24.8 Å². The van der Waals surface area contributed by atoms with Gasteiger partial charge in [-0.3, -0.25) is 24.1 Å². The SMILES string of the molecule is O=C(Cn1cc(/C=C2/SC(=O)N(CC(=O)N3CCCCC3)C2=O)c2ccccc21)Nc1ccc(F)cc1. The zero-order valence-electron chi connectivity index (χ0n) is 20.0. The third-order valence-electron chi connectivity index (χ3n) is 6.42. The van der Waals surface area contributed by atoms with Gasteiger partial charge in [-0.05, 0) is 67.4 Å². The standard InChI is InChI=1S/C27H25FN4O4S/c28-19-8-10-20(11-9-19)29-24(33)16-31-15-18(21-6-2-3-7-22(21)31)14-23-26(35)32(27(36)37-23)17-25(34)30-12-4-1-5-13-30/h2-3,6-11,14-15H,1,4-5,12-13,16-17H2,(H,29,33)/b23-14+. The van der Waals surface area contributed by atoms with Crippen molar-refractivity contribution in [3.8, 4) is 0 Å². The molecule has 0 aliphatic carbocycles. The van der Waals surface area contributed by atoms with Crippen LogP contribution in [0.2, 0.25) is 0 Å². The van der Waals surface area contributed by atoms with Gasteiger partial charge in [-0.15, -0.1) is 0 Å². The predicted molar refractivity (Wildman–Crippen MR) is 140 cm³/mol. The number of fused-ring (bicyclic) bond motifs is 1. The first-order chi connectivity index (χ1) is 17.9. The van der Waals surface area contributed by atoms with Gasteiger partial charge in [-0.2, -0.15) is 0 Å². The van der Waals surface area contributed by atoms with Crippen molar-refractivity contribution in [3.63, 3.8) is 0 Å². The highest BCUT2D eigenvalue weighted by molar-refractivity contribution is 8.18. The van der Waals surface area contributed by atoms with Crippen LogP contribution in [0.5, 0.6) is 0 Å². The Morgan fingerprint density at radius 1 is 0.973 bits per heavy atom. The first kappa shape index (κ1) is 24.8. The number of carbonyl (C=O) groups excluding carboxylic acids is 4. The molecule has 5 rings (SSSR count). The van der Waals surface area contributed by atoms with Crippen LogP contribution < -0.4 is 5.32 Å². The Hall–Kier alpha value is -3.92. The summed E-state index contributed by atoms with van der Waals surface area (Å²) in [6.07, 6.45) is 6.32. The summed E-state index contributed by atoms with van der Waals surface area (Å²) in [7, 11) is 0. The molecule has 2 saturated heterocycles. The fourth-order valence-electron chi connectivity index (χ4n) is 4.57. The lowest BCUT2D eigenvalue weighted by molar-refractivity contribution is -0.136. The Labute approximate surface area is 217 Å². The normalized spacial score (nSPS) is 17.2. The molecule has 2 aliphatic heterocycles. The van der Waals surface area contributed by atoms with Gasteiger partial charge >= 0.3 is 0 Å². The van der Waals surface area contributed by atoms with E-state index in [2.05, 4.69) is 5.32 Å². The Balaban J connectivity index is 1.34. The number of carbonyl (C=O) groups is 4. The summed E-state index contributed by atoms with van der Waals surface area (Å²) in [6.45, 7) is 1.04. The van der Waals surface area contributed by atoms with Gasteiger partial charge in [0, 0.05) is 41.4 Å². The van der Waals surface area contributed by atoms with Crippen molar-refractivity contribution in [2.75, 3.05) is 25.0 Å². The number of likely N-dealkylation sites (tertiary alicyclic amines) is 1. The third kappa shape index (κ3) is 5.43. The van der Waals surface area contributed by atoms with Crippen molar-refractivity contribution in [1.29, 1.82) is 0 Å². The topological polar surface area (TPSA) is 91.7 Å². The van der Waals surface area contributed by atoms with E-state index in [0.29, 0.717) is 24.3 Å². The number of nitrogens with one attached hydrogen (secondary N) is 1. The van der Waals surface area contributed by atoms with E-state index >= 15 is 0 Å². The molecule has 4 amide bonds. The number of amides is 4. The molecule has 3 aromatic rings.